The number of hydrogen-bond acceptors (Lipinski definition) is 7. The maximum Gasteiger partial charge on any atom is 0.416 e. The van der Waals surface area contributed by atoms with Crippen molar-refractivity contribution in [3.8, 4) is 11.1 Å². The summed E-state index contributed by atoms with van der Waals surface area (Å²) in [5, 5.41) is 4.80. The fourth-order valence-corrected chi connectivity index (χ4v) is 4.38. The Morgan fingerprint density at radius 3 is 2.29 bits per heavy atom. The number of halogens is 3. The standard InChI is InChI=1S/C23H25F3N6OS/c1-15-10-16(2)32(29-15)21(33)14-30-6-8-31(9-7-30)20-5-4-18(23(24,25)26)11-19(20)17-12-27-22(34-3)28-13-17/h4-5,10-13H,6-9,14H2,1-3H3. The van der Waals surface area contributed by atoms with Crippen LogP contribution in [0.1, 0.15) is 21.7 Å². The Balaban J connectivity index is 1.52. The van der Waals surface area contributed by atoms with E-state index in [4.69, 9.17) is 0 Å². The summed E-state index contributed by atoms with van der Waals surface area (Å²) in [6.07, 6.45) is 0.501. The molecule has 1 aliphatic rings. The number of aromatic nitrogens is 4. The quantitative estimate of drug-likeness (QED) is 0.393. The zero-order valence-electron chi connectivity index (χ0n) is 19.1. The van der Waals surface area contributed by atoms with Crippen molar-refractivity contribution in [2.24, 2.45) is 0 Å². The van der Waals surface area contributed by atoms with E-state index in [1.807, 2.05) is 36.0 Å². The predicted molar refractivity (Wildman–Crippen MR) is 125 cm³/mol. The zero-order chi connectivity index (χ0) is 24.5. The van der Waals surface area contributed by atoms with Crippen molar-refractivity contribution >= 4 is 23.4 Å². The molecular formula is C23H25F3N6OS. The Bertz CT molecular complexity index is 1170. The van der Waals surface area contributed by atoms with Crippen molar-refractivity contribution in [3.05, 3.63) is 53.6 Å². The Kier molecular flexibility index (Phi) is 6.94. The number of anilines is 1. The number of thioether (sulfide) groups is 1. The number of nitrogens with zero attached hydrogens (tertiary/aromatic N) is 6. The number of aryl methyl sites for hydroxylation is 2. The van der Waals surface area contributed by atoms with Crippen LogP contribution in [-0.2, 0) is 6.18 Å². The monoisotopic (exact) mass is 490 g/mol. The van der Waals surface area contributed by atoms with Crippen LogP contribution in [0.4, 0.5) is 18.9 Å². The van der Waals surface area contributed by atoms with E-state index in [-0.39, 0.29) is 12.5 Å². The van der Waals surface area contributed by atoms with E-state index in [1.165, 1.54) is 22.5 Å². The van der Waals surface area contributed by atoms with Crippen LogP contribution >= 0.6 is 11.8 Å². The molecule has 0 saturated carbocycles. The highest BCUT2D eigenvalue weighted by Crippen LogP contribution is 2.37. The van der Waals surface area contributed by atoms with Crippen molar-refractivity contribution in [1.29, 1.82) is 0 Å². The van der Waals surface area contributed by atoms with E-state index in [1.54, 1.807) is 12.4 Å². The molecule has 180 valence electrons. The minimum absolute atomic E-state index is 0.0969. The van der Waals surface area contributed by atoms with Gasteiger partial charge in [0.1, 0.15) is 0 Å². The van der Waals surface area contributed by atoms with E-state index in [2.05, 4.69) is 15.1 Å². The maximum atomic E-state index is 13.4. The van der Waals surface area contributed by atoms with Gasteiger partial charge in [0.15, 0.2) is 5.16 Å². The van der Waals surface area contributed by atoms with Crippen LogP contribution in [0, 0.1) is 13.8 Å². The molecule has 4 rings (SSSR count). The van der Waals surface area contributed by atoms with Gasteiger partial charge in [0.05, 0.1) is 17.8 Å². The SMILES string of the molecule is CSc1ncc(-c2cc(C(F)(F)F)ccc2N2CCN(CC(=O)n3nc(C)cc3C)CC2)cn1. The number of carbonyl (C=O) groups is 1. The normalized spacial score (nSPS) is 15.1. The van der Waals surface area contributed by atoms with Gasteiger partial charge in [-0.1, -0.05) is 11.8 Å². The molecule has 1 aliphatic heterocycles. The molecule has 3 aromatic rings. The smallest absolute Gasteiger partial charge is 0.368 e. The minimum Gasteiger partial charge on any atom is -0.368 e. The lowest BCUT2D eigenvalue weighted by Gasteiger charge is -2.36. The molecule has 0 unspecified atom stereocenters. The van der Waals surface area contributed by atoms with Crippen molar-refractivity contribution < 1.29 is 18.0 Å². The number of hydrogen-bond donors (Lipinski definition) is 0. The highest BCUT2D eigenvalue weighted by molar-refractivity contribution is 7.98. The largest absolute Gasteiger partial charge is 0.416 e. The molecule has 0 bridgehead atoms. The summed E-state index contributed by atoms with van der Waals surface area (Å²) >= 11 is 1.37. The van der Waals surface area contributed by atoms with Gasteiger partial charge in [-0.15, -0.1) is 0 Å². The van der Waals surface area contributed by atoms with Gasteiger partial charge in [0.25, 0.3) is 5.91 Å². The Morgan fingerprint density at radius 1 is 1.06 bits per heavy atom. The van der Waals surface area contributed by atoms with Crippen molar-refractivity contribution in [1.82, 2.24) is 24.6 Å². The lowest BCUT2D eigenvalue weighted by Crippen LogP contribution is -2.48. The third kappa shape index (κ3) is 5.25. The van der Waals surface area contributed by atoms with Gasteiger partial charge in [-0.05, 0) is 44.4 Å². The molecule has 1 saturated heterocycles. The second kappa shape index (κ2) is 9.75. The molecule has 7 nitrogen and oxygen atoms in total. The fraction of sp³-hybridized carbons (Fsp3) is 0.391. The van der Waals surface area contributed by atoms with E-state index in [0.717, 1.165) is 23.5 Å². The second-order valence-electron chi connectivity index (χ2n) is 8.18. The summed E-state index contributed by atoms with van der Waals surface area (Å²) in [6, 6.07) is 5.63. The van der Waals surface area contributed by atoms with E-state index >= 15 is 0 Å². The first kappa shape index (κ1) is 24.2. The zero-order valence-corrected chi connectivity index (χ0v) is 19.9. The molecular weight excluding hydrogens is 465 g/mol. The molecule has 3 heterocycles. The summed E-state index contributed by atoms with van der Waals surface area (Å²) in [7, 11) is 0. The summed E-state index contributed by atoms with van der Waals surface area (Å²) < 4.78 is 41.7. The summed E-state index contributed by atoms with van der Waals surface area (Å²) in [5.41, 5.74) is 2.54. The van der Waals surface area contributed by atoms with Gasteiger partial charge in [-0.25, -0.2) is 14.6 Å². The lowest BCUT2D eigenvalue weighted by molar-refractivity contribution is -0.137. The third-order valence-corrected chi connectivity index (χ3v) is 6.34. The van der Waals surface area contributed by atoms with Gasteiger partial charge in [-0.2, -0.15) is 18.3 Å². The lowest BCUT2D eigenvalue weighted by atomic mass is 10.0. The van der Waals surface area contributed by atoms with Crippen LogP contribution in [0.3, 0.4) is 0 Å². The third-order valence-electron chi connectivity index (χ3n) is 5.76. The van der Waals surface area contributed by atoms with Crippen LogP contribution in [-0.4, -0.2) is 69.5 Å². The molecule has 0 amide bonds. The first-order valence-corrected chi connectivity index (χ1v) is 12.0. The van der Waals surface area contributed by atoms with E-state index < -0.39 is 11.7 Å². The first-order valence-electron chi connectivity index (χ1n) is 10.8. The Morgan fingerprint density at radius 2 is 1.74 bits per heavy atom. The second-order valence-corrected chi connectivity index (χ2v) is 8.96. The molecule has 0 N–H and O–H groups in total. The molecule has 1 fully saturated rings. The summed E-state index contributed by atoms with van der Waals surface area (Å²) in [6.45, 7) is 6.29. The van der Waals surface area contributed by atoms with Crippen LogP contribution in [0.5, 0.6) is 0 Å². The molecule has 34 heavy (non-hydrogen) atoms. The Hall–Kier alpha value is -2.92. The van der Waals surface area contributed by atoms with E-state index in [0.29, 0.717) is 48.1 Å². The van der Waals surface area contributed by atoms with Gasteiger partial charge >= 0.3 is 6.18 Å². The first-order chi connectivity index (χ1) is 16.2. The topological polar surface area (TPSA) is 67.2 Å². The molecule has 0 spiro atoms. The van der Waals surface area contributed by atoms with Crippen molar-refractivity contribution in [2.45, 2.75) is 25.2 Å². The molecule has 1 aromatic carbocycles. The number of carbonyl (C=O) groups excluding carboxylic acids is 1. The number of benzene rings is 1. The van der Waals surface area contributed by atoms with Crippen molar-refractivity contribution in [3.63, 3.8) is 0 Å². The van der Waals surface area contributed by atoms with Gasteiger partial charge < -0.3 is 4.90 Å². The average molecular weight is 491 g/mol. The summed E-state index contributed by atoms with van der Waals surface area (Å²) in [4.78, 5) is 25.2. The highest BCUT2D eigenvalue weighted by atomic mass is 32.2. The van der Waals surface area contributed by atoms with Gasteiger partial charge in [0, 0.05) is 61.1 Å². The summed E-state index contributed by atoms with van der Waals surface area (Å²) in [5.74, 6) is -0.0969. The molecule has 11 heteroatoms. The molecule has 0 atom stereocenters. The van der Waals surface area contributed by atoms with E-state index in [9.17, 15) is 18.0 Å². The van der Waals surface area contributed by atoms with Crippen LogP contribution in [0.2, 0.25) is 0 Å². The molecule has 2 aromatic heterocycles. The predicted octanol–water partition coefficient (Wildman–Crippen LogP) is 4.16. The minimum atomic E-state index is -4.45. The fourth-order valence-electron chi connectivity index (χ4n) is 4.07. The highest BCUT2D eigenvalue weighted by Gasteiger charge is 2.32. The molecule has 0 aliphatic carbocycles. The van der Waals surface area contributed by atoms with Crippen molar-refractivity contribution in [2.75, 3.05) is 43.9 Å². The average Bonchev–Trinajstić information content (AvgIpc) is 3.16. The van der Waals surface area contributed by atoms with Gasteiger partial charge in [0.2, 0.25) is 0 Å². The number of piperazine rings is 1. The number of alkyl halides is 3. The maximum absolute atomic E-state index is 13.4. The van der Waals surface area contributed by atoms with Crippen LogP contribution in [0.15, 0.2) is 41.8 Å². The Labute approximate surface area is 200 Å². The van der Waals surface area contributed by atoms with Gasteiger partial charge in [-0.3, -0.25) is 9.69 Å². The molecule has 0 radical (unpaired) electrons. The number of rotatable bonds is 5. The van der Waals surface area contributed by atoms with Crippen LogP contribution in [0.25, 0.3) is 11.1 Å². The van der Waals surface area contributed by atoms with Crippen LogP contribution < -0.4 is 4.90 Å².